The van der Waals surface area contributed by atoms with E-state index in [-0.39, 0.29) is 23.5 Å². The van der Waals surface area contributed by atoms with E-state index in [1.165, 1.54) is 6.26 Å². The number of ether oxygens (including phenoxy) is 1. The average Bonchev–Trinajstić information content (AvgIpc) is 3.38. The molecule has 0 radical (unpaired) electrons. The number of anilines is 3. The summed E-state index contributed by atoms with van der Waals surface area (Å²) in [5.41, 5.74) is 6.67. The molecule has 0 fully saturated rings. The number of furan rings is 1. The molecule has 0 aliphatic rings. The number of methoxy groups -OCH3 is 1. The van der Waals surface area contributed by atoms with Crippen molar-refractivity contribution in [1.82, 2.24) is 25.1 Å². The van der Waals surface area contributed by atoms with Crippen LogP contribution in [0, 0.1) is 0 Å². The molecule has 2 N–H and O–H groups in total. The van der Waals surface area contributed by atoms with Crippen molar-refractivity contribution in [3.05, 3.63) is 42.7 Å². The number of hydrogen-bond donors (Lipinski definition) is 1. The Balaban J connectivity index is 1.69. The van der Waals surface area contributed by atoms with Gasteiger partial charge >= 0.3 is 0 Å². The van der Waals surface area contributed by atoms with Crippen LogP contribution in [-0.4, -0.2) is 39.3 Å². The van der Waals surface area contributed by atoms with Crippen LogP contribution in [0.25, 0.3) is 23.3 Å². The van der Waals surface area contributed by atoms with Crippen LogP contribution in [-0.2, 0) is 0 Å². The minimum absolute atomic E-state index is 0.0362. The van der Waals surface area contributed by atoms with Crippen molar-refractivity contribution in [3.8, 4) is 29.0 Å². The summed E-state index contributed by atoms with van der Waals surface area (Å²) in [6, 6.07) is 10.9. The van der Waals surface area contributed by atoms with Gasteiger partial charge in [0, 0.05) is 18.8 Å². The third kappa shape index (κ3) is 3.27. The lowest BCUT2D eigenvalue weighted by molar-refractivity contribution is 0.415. The van der Waals surface area contributed by atoms with Gasteiger partial charge in [-0.25, -0.2) is 0 Å². The molecule has 0 amide bonds. The number of nitrogens with two attached hydrogens (primary N) is 1. The minimum atomic E-state index is 0.0362. The van der Waals surface area contributed by atoms with Gasteiger partial charge in [-0.3, -0.25) is 0 Å². The molecule has 3 heterocycles. The Morgan fingerprint density at radius 3 is 2.70 bits per heavy atom. The van der Waals surface area contributed by atoms with Crippen molar-refractivity contribution < 1.29 is 13.7 Å². The number of aromatic nitrogens is 5. The van der Waals surface area contributed by atoms with E-state index < -0.39 is 0 Å². The zero-order valence-corrected chi connectivity index (χ0v) is 14.5. The quantitative estimate of drug-likeness (QED) is 0.563. The normalized spacial score (nSPS) is 10.7. The van der Waals surface area contributed by atoms with Crippen molar-refractivity contribution in [3.63, 3.8) is 0 Å². The van der Waals surface area contributed by atoms with Crippen molar-refractivity contribution in [2.75, 3.05) is 24.8 Å². The molecule has 27 heavy (non-hydrogen) atoms. The van der Waals surface area contributed by atoms with Crippen LogP contribution in [0.1, 0.15) is 0 Å². The van der Waals surface area contributed by atoms with Gasteiger partial charge in [-0.05, 0) is 24.3 Å². The number of nitrogen functional groups attached to an aromatic ring is 1. The molecule has 4 rings (SSSR count). The molecule has 0 aliphatic heterocycles. The highest BCUT2D eigenvalue weighted by atomic mass is 16.5. The largest absolute Gasteiger partial charge is 0.497 e. The fraction of sp³-hybridized carbons (Fsp3) is 0.118. The Morgan fingerprint density at radius 2 is 1.93 bits per heavy atom. The fourth-order valence-electron chi connectivity index (χ4n) is 2.38. The predicted molar refractivity (Wildman–Crippen MR) is 96.3 cm³/mol. The highest BCUT2D eigenvalue weighted by molar-refractivity contribution is 5.61. The second-order valence-electron chi connectivity index (χ2n) is 5.48. The maximum atomic E-state index is 5.85. The highest BCUT2D eigenvalue weighted by Gasteiger charge is 2.18. The molecule has 0 saturated carbocycles. The van der Waals surface area contributed by atoms with Crippen LogP contribution in [0.3, 0.4) is 0 Å². The summed E-state index contributed by atoms with van der Waals surface area (Å²) in [6.45, 7) is 0. The monoisotopic (exact) mass is 365 g/mol. The maximum absolute atomic E-state index is 5.85. The van der Waals surface area contributed by atoms with E-state index in [1.54, 1.807) is 31.2 Å². The number of benzene rings is 1. The van der Waals surface area contributed by atoms with Gasteiger partial charge in [0.2, 0.25) is 23.5 Å². The van der Waals surface area contributed by atoms with Crippen LogP contribution in [0.15, 0.2) is 51.6 Å². The average molecular weight is 365 g/mol. The number of hydrogen-bond acceptors (Lipinski definition) is 10. The molecule has 0 aliphatic carbocycles. The fourth-order valence-corrected chi connectivity index (χ4v) is 2.38. The Kier molecular flexibility index (Phi) is 4.13. The van der Waals surface area contributed by atoms with Gasteiger partial charge in [-0.2, -0.15) is 19.9 Å². The van der Waals surface area contributed by atoms with Gasteiger partial charge < -0.3 is 24.3 Å². The van der Waals surface area contributed by atoms with E-state index in [1.807, 2.05) is 24.3 Å². The van der Waals surface area contributed by atoms with Crippen LogP contribution in [0.2, 0.25) is 0 Å². The SMILES string of the molecule is COc1cccc(N(C)c2nc(N)nc(-c3noc(-c4ccco4)n3)n2)c1. The standard InChI is InChI=1S/C17H15N7O3/c1-24(10-5-3-6-11(9-10)25-2)17-21-13(20-16(18)22-17)14-19-15(27-23-14)12-7-4-8-26-12/h3-9H,1-2H3,(H2,18,20,21,22). The molecule has 0 bridgehead atoms. The Labute approximate surface area is 153 Å². The van der Waals surface area contributed by atoms with Gasteiger partial charge in [-0.15, -0.1) is 0 Å². The second kappa shape index (κ2) is 6.75. The summed E-state index contributed by atoms with van der Waals surface area (Å²) in [5.74, 6) is 2.11. The first kappa shape index (κ1) is 16.5. The molecule has 10 heteroatoms. The maximum Gasteiger partial charge on any atom is 0.294 e. The van der Waals surface area contributed by atoms with Gasteiger partial charge in [0.25, 0.3) is 5.89 Å². The first-order chi connectivity index (χ1) is 13.1. The van der Waals surface area contributed by atoms with Crippen LogP contribution in [0.4, 0.5) is 17.6 Å². The van der Waals surface area contributed by atoms with E-state index in [2.05, 4.69) is 25.1 Å². The van der Waals surface area contributed by atoms with E-state index in [0.717, 1.165) is 5.69 Å². The minimum Gasteiger partial charge on any atom is -0.497 e. The molecule has 136 valence electrons. The summed E-state index contributed by atoms with van der Waals surface area (Å²) < 4.78 is 15.7. The third-order valence-corrected chi connectivity index (χ3v) is 3.74. The number of nitrogens with zero attached hydrogens (tertiary/aromatic N) is 6. The van der Waals surface area contributed by atoms with Crippen LogP contribution in [0.5, 0.6) is 5.75 Å². The lowest BCUT2D eigenvalue weighted by Gasteiger charge is -2.18. The summed E-state index contributed by atoms with van der Waals surface area (Å²) in [6.07, 6.45) is 1.52. The summed E-state index contributed by atoms with van der Waals surface area (Å²) in [4.78, 5) is 18.7. The number of rotatable bonds is 5. The molecular weight excluding hydrogens is 350 g/mol. The predicted octanol–water partition coefficient (Wildman–Crippen LogP) is 2.54. The van der Waals surface area contributed by atoms with Crippen molar-refractivity contribution in [2.45, 2.75) is 0 Å². The third-order valence-electron chi connectivity index (χ3n) is 3.74. The molecule has 3 aromatic heterocycles. The first-order valence-electron chi connectivity index (χ1n) is 7.91. The molecule has 0 atom stereocenters. The lowest BCUT2D eigenvalue weighted by atomic mass is 10.3. The Hall–Kier alpha value is -3.95. The van der Waals surface area contributed by atoms with E-state index >= 15 is 0 Å². The van der Waals surface area contributed by atoms with Crippen LogP contribution < -0.4 is 15.4 Å². The molecule has 1 aromatic carbocycles. The molecule has 0 unspecified atom stereocenters. The molecule has 10 nitrogen and oxygen atoms in total. The van der Waals surface area contributed by atoms with Crippen molar-refractivity contribution in [1.29, 1.82) is 0 Å². The van der Waals surface area contributed by atoms with Gasteiger partial charge in [0.05, 0.1) is 13.4 Å². The Bertz CT molecular complexity index is 1060. The summed E-state index contributed by atoms with van der Waals surface area (Å²) in [7, 11) is 3.41. The van der Waals surface area contributed by atoms with Gasteiger partial charge in [0.1, 0.15) is 5.75 Å². The smallest absolute Gasteiger partial charge is 0.294 e. The molecule has 4 aromatic rings. The topological polar surface area (TPSA) is 129 Å². The van der Waals surface area contributed by atoms with Gasteiger partial charge in [0.15, 0.2) is 5.76 Å². The molecule has 0 spiro atoms. The van der Waals surface area contributed by atoms with E-state index in [4.69, 9.17) is 19.4 Å². The highest BCUT2D eigenvalue weighted by Crippen LogP contribution is 2.26. The van der Waals surface area contributed by atoms with Crippen molar-refractivity contribution in [2.24, 2.45) is 0 Å². The second-order valence-corrected chi connectivity index (χ2v) is 5.48. The summed E-state index contributed by atoms with van der Waals surface area (Å²) in [5, 5.41) is 3.89. The zero-order chi connectivity index (χ0) is 18.8. The Morgan fingerprint density at radius 1 is 1.04 bits per heavy atom. The molecular formula is C17H15N7O3. The van der Waals surface area contributed by atoms with Gasteiger partial charge in [-0.1, -0.05) is 11.2 Å². The zero-order valence-electron chi connectivity index (χ0n) is 14.5. The van der Waals surface area contributed by atoms with Crippen molar-refractivity contribution >= 4 is 17.6 Å². The molecule has 0 saturated heterocycles. The van der Waals surface area contributed by atoms with E-state index in [0.29, 0.717) is 17.5 Å². The first-order valence-corrected chi connectivity index (χ1v) is 7.91. The summed E-state index contributed by atoms with van der Waals surface area (Å²) >= 11 is 0. The van der Waals surface area contributed by atoms with Crippen LogP contribution >= 0.6 is 0 Å². The lowest BCUT2D eigenvalue weighted by Crippen LogP contribution is -2.15. The van der Waals surface area contributed by atoms with E-state index in [9.17, 15) is 0 Å².